The van der Waals surface area contributed by atoms with Crippen LogP contribution in [0.25, 0.3) is 27.7 Å². The Labute approximate surface area is 271 Å². The fraction of sp³-hybridized carbons (Fsp3) is 0.424. The minimum atomic E-state index is -0.616. The first-order chi connectivity index (χ1) is 22.8. The van der Waals surface area contributed by atoms with Gasteiger partial charge in [0.25, 0.3) is 0 Å². The van der Waals surface area contributed by atoms with E-state index >= 15 is 8.78 Å². The molecule has 0 radical (unpaired) electrons. The molecule has 5 N–H and O–H groups in total. The van der Waals surface area contributed by atoms with Crippen molar-refractivity contribution in [1.82, 2.24) is 30.4 Å². The van der Waals surface area contributed by atoms with Crippen molar-refractivity contribution in [3.63, 3.8) is 0 Å². The second-order valence-electron chi connectivity index (χ2n) is 11.6. The minimum Gasteiger partial charge on any atom is -0.387 e. The first-order valence-electron chi connectivity index (χ1n) is 15.7. The number of hydrogen-bond acceptors (Lipinski definition) is 10. The molecule has 2 aliphatic heterocycles. The Bertz CT molecular complexity index is 1580. The third-order valence-corrected chi connectivity index (χ3v) is 8.20. The zero-order valence-electron chi connectivity index (χ0n) is 26.1. The zero-order chi connectivity index (χ0) is 33.2. The number of nitrogens with two attached hydrogens (primary N) is 1. The third kappa shape index (κ3) is 9.35. The van der Waals surface area contributed by atoms with Crippen LogP contribution in [0.2, 0.25) is 0 Å². The number of morpholine rings is 1. The second kappa shape index (κ2) is 16.5. The van der Waals surface area contributed by atoms with Crippen LogP contribution in [0, 0.1) is 17.0 Å². The fourth-order valence-corrected chi connectivity index (χ4v) is 5.65. The summed E-state index contributed by atoms with van der Waals surface area (Å²) in [6.45, 7) is 4.54. The molecule has 3 heterocycles. The number of allylic oxidation sites excluding steroid dienone is 1. The molecule has 5 rings (SSSR count). The molecule has 14 heteroatoms. The Kier molecular flexibility index (Phi) is 11.9. The van der Waals surface area contributed by atoms with Crippen LogP contribution in [-0.2, 0) is 25.6 Å². The van der Waals surface area contributed by atoms with Gasteiger partial charge in [0.1, 0.15) is 18.2 Å². The lowest BCUT2D eigenvalue weighted by Gasteiger charge is -2.31. The highest BCUT2D eigenvalue weighted by Crippen LogP contribution is 2.30. The number of carbonyl (C=O) groups is 2. The van der Waals surface area contributed by atoms with Gasteiger partial charge in [-0.25, -0.2) is 13.8 Å². The topological polar surface area (TPSA) is 159 Å². The first kappa shape index (κ1) is 34.0. The molecule has 0 atom stereocenters. The van der Waals surface area contributed by atoms with Gasteiger partial charge in [-0.2, -0.15) is 0 Å². The zero-order valence-corrected chi connectivity index (χ0v) is 26.1. The predicted molar refractivity (Wildman–Crippen MR) is 173 cm³/mol. The summed E-state index contributed by atoms with van der Waals surface area (Å²) in [5.41, 5.74) is 7.94. The highest BCUT2D eigenvalue weighted by Gasteiger charge is 2.21. The number of likely N-dealkylation sites (tertiary alicyclic amines) is 1. The normalized spacial score (nSPS) is 16.7. The lowest BCUT2D eigenvalue weighted by molar-refractivity contribution is -0.123. The average molecular weight is 651 g/mol. The van der Waals surface area contributed by atoms with Crippen molar-refractivity contribution in [2.75, 3.05) is 65.7 Å². The van der Waals surface area contributed by atoms with E-state index in [0.29, 0.717) is 79.4 Å². The summed E-state index contributed by atoms with van der Waals surface area (Å²) >= 11 is 0. The molecule has 0 spiro atoms. The summed E-state index contributed by atoms with van der Waals surface area (Å²) in [6.07, 6.45) is 6.10. The maximum absolute atomic E-state index is 15.3. The predicted octanol–water partition coefficient (Wildman–Crippen LogP) is 2.07. The van der Waals surface area contributed by atoms with Gasteiger partial charge in [-0.3, -0.25) is 24.4 Å². The summed E-state index contributed by atoms with van der Waals surface area (Å²) < 4.78 is 40.9. The molecular weight excluding hydrogens is 610 g/mol. The van der Waals surface area contributed by atoms with Gasteiger partial charge in [-0.1, -0.05) is 12.1 Å². The molecule has 0 aliphatic carbocycles. The largest absolute Gasteiger partial charge is 0.387 e. The number of hydrogen-bond donors (Lipinski definition) is 4. The molecule has 2 aliphatic rings. The van der Waals surface area contributed by atoms with E-state index in [4.69, 9.17) is 25.6 Å². The number of benzene rings is 2. The van der Waals surface area contributed by atoms with E-state index in [1.807, 2.05) is 4.90 Å². The number of amides is 2. The lowest BCUT2D eigenvalue weighted by Crippen LogP contribution is -2.45. The van der Waals surface area contributed by atoms with Gasteiger partial charge in [0.05, 0.1) is 49.3 Å². The molecule has 47 heavy (non-hydrogen) atoms. The van der Waals surface area contributed by atoms with Crippen LogP contribution in [-0.4, -0.2) is 110 Å². The van der Waals surface area contributed by atoms with E-state index in [0.717, 1.165) is 12.8 Å². The number of nitrogens with one attached hydrogen (secondary N) is 3. The number of primary amides is 1. The van der Waals surface area contributed by atoms with Gasteiger partial charge in [0.15, 0.2) is 0 Å². The highest BCUT2D eigenvalue weighted by atomic mass is 19.1. The van der Waals surface area contributed by atoms with E-state index in [1.165, 1.54) is 18.3 Å². The smallest absolute Gasteiger partial charge is 0.243 e. The average Bonchev–Trinajstić information content (AvgIpc) is 3.07. The number of aromatic nitrogens is 2. The van der Waals surface area contributed by atoms with Gasteiger partial charge in [-0.05, 0) is 36.6 Å². The fourth-order valence-electron chi connectivity index (χ4n) is 5.65. The number of carbonyl (C=O) groups excluding carboxylic acids is 2. The van der Waals surface area contributed by atoms with Crippen LogP contribution in [0.15, 0.2) is 42.7 Å². The van der Waals surface area contributed by atoms with Crippen molar-refractivity contribution in [3.8, 4) is 11.1 Å². The monoisotopic (exact) mass is 650 g/mol. The Morgan fingerprint density at radius 2 is 1.85 bits per heavy atom. The van der Waals surface area contributed by atoms with Crippen LogP contribution in [0.4, 0.5) is 8.78 Å². The quantitative estimate of drug-likeness (QED) is 0.151. The highest BCUT2D eigenvalue weighted by molar-refractivity contribution is 6.08. The number of para-hydroxylation sites is 1. The van der Waals surface area contributed by atoms with E-state index in [2.05, 4.69) is 20.5 Å². The van der Waals surface area contributed by atoms with Gasteiger partial charge >= 0.3 is 0 Å². The van der Waals surface area contributed by atoms with Crippen molar-refractivity contribution < 1.29 is 27.8 Å². The summed E-state index contributed by atoms with van der Waals surface area (Å²) in [7, 11) is 0. The molecule has 1 aromatic heterocycles. The van der Waals surface area contributed by atoms with Crippen LogP contribution in [0.1, 0.15) is 24.1 Å². The van der Waals surface area contributed by atoms with Crippen molar-refractivity contribution >= 4 is 34.6 Å². The second-order valence-corrected chi connectivity index (χ2v) is 11.6. The first-order valence-corrected chi connectivity index (χ1v) is 15.7. The number of nitrogens with zero attached hydrogens (tertiary/aromatic N) is 4. The number of ether oxygens (including phenoxy) is 2. The maximum atomic E-state index is 15.3. The minimum absolute atomic E-state index is 0.0284. The number of rotatable bonds is 14. The Hall–Kier alpha value is -4.37. The van der Waals surface area contributed by atoms with E-state index in [-0.39, 0.29) is 43.8 Å². The molecule has 0 saturated carbocycles. The van der Waals surface area contributed by atoms with Crippen molar-refractivity contribution in [1.29, 1.82) is 5.41 Å². The standard InChI is InChI=1S/C33H40F2N8O4/c34-27-14-22(15-28(35)26(27)19-43-9-12-46-13-10-43)25-2-1-3-29-33(25)41-30(18-40-29)23(16-36)17-39-24-4-7-42(8-5-24)20-32(45)38-6-11-47-21-31(37)44/h1-3,14-18,24,36,39H,4-13,19-21H2,(H2,37,44)(H,38,45)/b23-17+,36-16?. The van der Waals surface area contributed by atoms with Gasteiger partial charge in [-0.15, -0.1) is 0 Å². The molecule has 3 aromatic rings. The third-order valence-electron chi connectivity index (χ3n) is 8.20. The summed E-state index contributed by atoms with van der Waals surface area (Å²) in [5.74, 6) is -1.90. The summed E-state index contributed by atoms with van der Waals surface area (Å²) in [4.78, 5) is 36.3. The Morgan fingerprint density at radius 3 is 2.55 bits per heavy atom. The van der Waals surface area contributed by atoms with Crippen molar-refractivity contribution in [2.45, 2.75) is 25.4 Å². The van der Waals surface area contributed by atoms with Crippen LogP contribution < -0.4 is 16.4 Å². The molecule has 2 fully saturated rings. The maximum Gasteiger partial charge on any atom is 0.243 e. The van der Waals surface area contributed by atoms with E-state index in [1.54, 1.807) is 30.6 Å². The van der Waals surface area contributed by atoms with Gasteiger partial charge < -0.3 is 31.3 Å². The summed E-state index contributed by atoms with van der Waals surface area (Å²) in [6, 6.07) is 8.14. The Balaban J connectivity index is 1.21. The number of piperidine rings is 1. The van der Waals surface area contributed by atoms with Crippen LogP contribution >= 0.6 is 0 Å². The number of halogens is 2. The molecule has 2 aromatic carbocycles. The SMILES string of the molecule is N=C/C(=C\NC1CCN(CC(=O)NCCOCC(N)=O)CC1)c1cnc2cccc(-c3cc(F)c(CN4CCOCC4)c(F)c3)c2n1. The van der Waals surface area contributed by atoms with E-state index in [9.17, 15) is 9.59 Å². The molecule has 2 saturated heterocycles. The van der Waals surface area contributed by atoms with Gasteiger partial charge in [0.2, 0.25) is 11.8 Å². The summed E-state index contributed by atoms with van der Waals surface area (Å²) in [5, 5.41) is 14.2. The van der Waals surface area contributed by atoms with E-state index < -0.39 is 17.5 Å². The van der Waals surface area contributed by atoms with Crippen LogP contribution in [0.5, 0.6) is 0 Å². The molecule has 0 unspecified atom stereocenters. The van der Waals surface area contributed by atoms with Gasteiger partial charge in [0, 0.05) is 74.4 Å². The Morgan fingerprint density at radius 1 is 1.11 bits per heavy atom. The van der Waals surface area contributed by atoms with Crippen LogP contribution in [0.3, 0.4) is 0 Å². The molecular formula is C33H40F2N8O4. The molecule has 2 amide bonds. The van der Waals surface area contributed by atoms with Crippen molar-refractivity contribution in [2.24, 2.45) is 5.73 Å². The lowest BCUT2D eigenvalue weighted by atomic mass is 10.0. The molecule has 0 bridgehead atoms. The van der Waals surface area contributed by atoms with Crippen molar-refractivity contribution in [3.05, 3.63) is 65.6 Å². The molecule has 250 valence electrons. The molecule has 12 nitrogen and oxygen atoms in total. The number of fused-ring (bicyclic) bond motifs is 1.